The van der Waals surface area contributed by atoms with E-state index in [1.165, 1.54) is 24.5 Å². The van der Waals surface area contributed by atoms with Crippen LogP contribution in [-0.2, 0) is 16.0 Å². The lowest BCUT2D eigenvalue weighted by Crippen LogP contribution is -2.23. The first-order valence-electron chi connectivity index (χ1n) is 8.52. The first-order chi connectivity index (χ1) is 13.3. The zero-order valence-corrected chi connectivity index (χ0v) is 16.4. The van der Waals surface area contributed by atoms with Gasteiger partial charge >= 0.3 is 0 Å². The molecule has 0 atom stereocenters. The Labute approximate surface area is 164 Å². The standard InChI is InChI=1S/C19H19N5O3S/c1-10-11(2)28-19-17(10)18(27)22-15(23-19)8-16(26)24-20-9-13-4-6-14(7-5-13)21-12(3)25/h4-7,9H,8H2,1-3H3,(H,21,25)(H,24,26)(H,22,23,27)/b20-9-. The topological polar surface area (TPSA) is 116 Å². The van der Waals surface area contributed by atoms with Crippen LogP contribution < -0.4 is 16.3 Å². The number of hydrazone groups is 1. The molecule has 0 saturated carbocycles. The third kappa shape index (κ3) is 4.49. The number of aromatic amines is 1. The molecule has 0 aliphatic heterocycles. The minimum atomic E-state index is -0.390. The number of hydrogen-bond acceptors (Lipinski definition) is 6. The van der Waals surface area contributed by atoms with Crippen LogP contribution in [-0.4, -0.2) is 28.0 Å². The molecule has 0 aliphatic rings. The monoisotopic (exact) mass is 397 g/mol. The maximum atomic E-state index is 12.2. The number of nitrogens with zero attached hydrogens (tertiary/aromatic N) is 2. The Morgan fingerprint density at radius 3 is 2.64 bits per heavy atom. The van der Waals surface area contributed by atoms with Gasteiger partial charge < -0.3 is 10.3 Å². The fourth-order valence-corrected chi connectivity index (χ4v) is 3.66. The summed E-state index contributed by atoms with van der Waals surface area (Å²) < 4.78 is 0. The van der Waals surface area contributed by atoms with E-state index in [9.17, 15) is 14.4 Å². The fourth-order valence-electron chi connectivity index (χ4n) is 2.61. The van der Waals surface area contributed by atoms with Crippen molar-refractivity contribution >= 4 is 45.3 Å². The normalized spacial score (nSPS) is 11.1. The molecule has 2 heterocycles. The van der Waals surface area contributed by atoms with Crippen LogP contribution in [0.4, 0.5) is 5.69 Å². The highest BCUT2D eigenvalue weighted by Gasteiger charge is 2.13. The van der Waals surface area contributed by atoms with E-state index >= 15 is 0 Å². The van der Waals surface area contributed by atoms with Gasteiger partial charge in [-0.2, -0.15) is 5.10 Å². The van der Waals surface area contributed by atoms with Crippen molar-refractivity contribution in [2.24, 2.45) is 5.10 Å². The molecule has 2 aromatic heterocycles. The van der Waals surface area contributed by atoms with Crippen molar-refractivity contribution in [2.45, 2.75) is 27.2 Å². The van der Waals surface area contributed by atoms with Gasteiger partial charge in [0.05, 0.1) is 18.0 Å². The Morgan fingerprint density at radius 2 is 1.96 bits per heavy atom. The first-order valence-corrected chi connectivity index (χ1v) is 9.33. The summed E-state index contributed by atoms with van der Waals surface area (Å²) in [5.41, 5.74) is 4.53. The molecule has 0 aliphatic carbocycles. The fraction of sp³-hybridized carbons (Fsp3) is 0.211. The Hall–Kier alpha value is -3.33. The molecule has 0 fully saturated rings. The Bertz CT molecular complexity index is 1130. The van der Waals surface area contributed by atoms with Crippen molar-refractivity contribution in [3.05, 3.63) is 56.4 Å². The minimum absolute atomic E-state index is 0.0833. The molecule has 0 saturated heterocycles. The molecular formula is C19H19N5O3S. The molecule has 3 N–H and O–H groups in total. The highest BCUT2D eigenvalue weighted by atomic mass is 32.1. The maximum absolute atomic E-state index is 12.2. The lowest BCUT2D eigenvalue weighted by molar-refractivity contribution is -0.120. The number of carbonyl (C=O) groups is 2. The van der Waals surface area contributed by atoms with Crippen molar-refractivity contribution in [3.8, 4) is 0 Å². The van der Waals surface area contributed by atoms with E-state index in [4.69, 9.17) is 0 Å². The van der Waals surface area contributed by atoms with Crippen LogP contribution in [0.15, 0.2) is 34.2 Å². The van der Waals surface area contributed by atoms with Crippen molar-refractivity contribution in [1.29, 1.82) is 0 Å². The molecule has 0 unspecified atom stereocenters. The number of carbonyl (C=O) groups excluding carboxylic acids is 2. The predicted molar refractivity (Wildman–Crippen MR) is 110 cm³/mol. The van der Waals surface area contributed by atoms with Crippen molar-refractivity contribution in [2.75, 3.05) is 5.32 Å². The third-order valence-corrected chi connectivity index (χ3v) is 5.15. The van der Waals surface area contributed by atoms with Crippen LogP contribution in [0.25, 0.3) is 10.2 Å². The van der Waals surface area contributed by atoms with Gasteiger partial charge in [-0.3, -0.25) is 14.4 Å². The van der Waals surface area contributed by atoms with Crippen LogP contribution in [0.5, 0.6) is 0 Å². The van der Waals surface area contributed by atoms with Gasteiger partial charge in [0, 0.05) is 17.5 Å². The maximum Gasteiger partial charge on any atom is 0.259 e. The molecule has 3 rings (SSSR count). The molecule has 0 spiro atoms. The highest BCUT2D eigenvalue weighted by molar-refractivity contribution is 7.18. The average Bonchev–Trinajstić information content (AvgIpc) is 2.90. The predicted octanol–water partition coefficient (Wildman–Crippen LogP) is 2.25. The summed E-state index contributed by atoms with van der Waals surface area (Å²) in [6.07, 6.45) is 1.40. The number of rotatable bonds is 5. The van der Waals surface area contributed by atoms with E-state index < -0.39 is 5.91 Å². The van der Waals surface area contributed by atoms with Gasteiger partial charge in [-0.05, 0) is 37.1 Å². The Kier molecular flexibility index (Phi) is 5.65. The Balaban J connectivity index is 1.62. The molecule has 9 heteroatoms. The molecular weight excluding hydrogens is 378 g/mol. The van der Waals surface area contributed by atoms with E-state index in [1.807, 2.05) is 13.8 Å². The number of aromatic nitrogens is 2. The molecule has 28 heavy (non-hydrogen) atoms. The summed E-state index contributed by atoms with van der Waals surface area (Å²) in [6, 6.07) is 6.99. The van der Waals surface area contributed by atoms with Crippen LogP contribution in [0.2, 0.25) is 0 Å². The number of benzene rings is 1. The van der Waals surface area contributed by atoms with Gasteiger partial charge in [-0.1, -0.05) is 12.1 Å². The molecule has 3 aromatic rings. The van der Waals surface area contributed by atoms with E-state index in [0.29, 0.717) is 21.7 Å². The van der Waals surface area contributed by atoms with Gasteiger partial charge in [0.15, 0.2) is 0 Å². The van der Waals surface area contributed by atoms with Crippen LogP contribution in [0, 0.1) is 13.8 Å². The van der Waals surface area contributed by atoms with E-state index in [0.717, 1.165) is 16.0 Å². The summed E-state index contributed by atoms with van der Waals surface area (Å²) in [7, 11) is 0. The van der Waals surface area contributed by atoms with Crippen LogP contribution in [0.3, 0.4) is 0 Å². The van der Waals surface area contributed by atoms with Crippen molar-refractivity contribution in [3.63, 3.8) is 0 Å². The molecule has 144 valence electrons. The smallest absolute Gasteiger partial charge is 0.259 e. The van der Waals surface area contributed by atoms with Gasteiger partial charge in [-0.25, -0.2) is 10.4 Å². The number of aryl methyl sites for hydroxylation is 2. The highest BCUT2D eigenvalue weighted by Crippen LogP contribution is 2.25. The lowest BCUT2D eigenvalue weighted by atomic mass is 10.2. The SMILES string of the molecule is CC(=O)Nc1ccc(/C=N\NC(=O)Cc2nc3sc(C)c(C)c3c(=O)[nH]2)cc1. The number of amides is 2. The number of H-pyrrole nitrogens is 1. The first kappa shape index (κ1) is 19.4. The summed E-state index contributed by atoms with van der Waals surface area (Å²) in [6.45, 7) is 5.26. The molecule has 0 radical (unpaired) electrons. The van der Waals surface area contributed by atoms with Gasteiger partial charge in [0.2, 0.25) is 11.8 Å². The average molecular weight is 397 g/mol. The second-order valence-corrected chi connectivity index (χ2v) is 7.45. The molecule has 0 bridgehead atoms. The second kappa shape index (κ2) is 8.13. The molecule has 1 aromatic carbocycles. The molecule has 8 nitrogen and oxygen atoms in total. The quantitative estimate of drug-likeness (QED) is 0.452. The number of hydrogen-bond donors (Lipinski definition) is 3. The van der Waals surface area contributed by atoms with Crippen LogP contribution in [0.1, 0.15) is 28.8 Å². The largest absolute Gasteiger partial charge is 0.326 e. The van der Waals surface area contributed by atoms with E-state index in [-0.39, 0.29) is 17.9 Å². The van der Waals surface area contributed by atoms with E-state index in [1.54, 1.807) is 24.3 Å². The van der Waals surface area contributed by atoms with Crippen LogP contribution >= 0.6 is 11.3 Å². The summed E-state index contributed by atoms with van der Waals surface area (Å²) in [5.74, 6) is -0.240. The minimum Gasteiger partial charge on any atom is -0.326 e. The zero-order chi connectivity index (χ0) is 20.3. The number of fused-ring (bicyclic) bond motifs is 1. The van der Waals surface area contributed by atoms with Gasteiger partial charge in [0.25, 0.3) is 5.56 Å². The third-order valence-electron chi connectivity index (χ3n) is 4.05. The van der Waals surface area contributed by atoms with Crippen molar-refractivity contribution < 1.29 is 9.59 Å². The Morgan fingerprint density at radius 1 is 1.25 bits per heavy atom. The van der Waals surface area contributed by atoms with Gasteiger partial charge in [0.1, 0.15) is 10.7 Å². The molecule has 2 amide bonds. The summed E-state index contributed by atoms with van der Waals surface area (Å²) in [5, 5.41) is 7.15. The number of thiophene rings is 1. The second-order valence-electron chi connectivity index (χ2n) is 6.25. The van der Waals surface area contributed by atoms with E-state index in [2.05, 4.69) is 25.8 Å². The number of anilines is 1. The van der Waals surface area contributed by atoms with Crippen molar-refractivity contribution in [1.82, 2.24) is 15.4 Å². The summed E-state index contributed by atoms with van der Waals surface area (Å²) in [4.78, 5) is 44.0. The summed E-state index contributed by atoms with van der Waals surface area (Å²) >= 11 is 1.44. The number of nitrogens with one attached hydrogen (secondary N) is 3. The zero-order valence-electron chi connectivity index (χ0n) is 15.6. The van der Waals surface area contributed by atoms with Gasteiger partial charge in [-0.15, -0.1) is 11.3 Å². The lowest BCUT2D eigenvalue weighted by Gasteiger charge is -2.02.